The molecule has 0 aliphatic heterocycles. The second kappa shape index (κ2) is 8.69. The van der Waals surface area contributed by atoms with Crippen LogP contribution in [-0.4, -0.2) is 22.1 Å². The van der Waals surface area contributed by atoms with Gasteiger partial charge in [0.2, 0.25) is 0 Å². The van der Waals surface area contributed by atoms with E-state index in [4.69, 9.17) is 0 Å². The number of benzene rings is 2. The molecule has 0 aliphatic carbocycles. The van der Waals surface area contributed by atoms with Gasteiger partial charge in [0, 0.05) is 23.7 Å². The number of nitrogens with zero attached hydrogens (tertiary/aromatic N) is 1. The van der Waals surface area contributed by atoms with Crippen LogP contribution in [0.2, 0.25) is 0 Å². The zero-order valence-electron chi connectivity index (χ0n) is 14.4. The summed E-state index contributed by atoms with van der Waals surface area (Å²) < 4.78 is 13.0. The first-order valence-electron chi connectivity index (χ1n) is 8.30. The average molecular weight is 346 g/mol. The summed E-state index contributed by atoms with van der Waals surface area (Å²) in [6.07, 6.45) is 0.518. The van der Waals surface area contributed by atoms with E-state index in [0.717, 1.165) is 0 Å². The van der Waals surface area contributed by atoms with Crippen LogP contribution in [0, 0.1) is 15.9 Å². The number of aryl methyl sites for hydroxylation is 1. The van der Waals surface area contributed by atoms with Crippen LogP contribution < -0.4 is 5.32 Å². The van der Waals surface area contributed by atoms with Crippen molar-refractivity contribution in [3.63, 3.8) is 0 Å². The summed E-state index contributed by atoms with van der Waals surface area (Å²) in [4.78, 5) is 10.7. The summed E-state index contributed by atoms with van der Waals surface area (Å²) in [5, 5.41) is 24.7. The van der Waals surface area contributed by atoms with Crippen molar-refractivity contribution in [2.75, 3.05) is 0 Å². The molecule has 0 saturated heterocycles. The van der Waals surface area contributed by atoms with Gasteiger partial charge in [-0.15, -0.1) is 0 Å². The van der Waals surface area contributed by atoms with E-state index in [1.165, 1.54) is 18.2 Å². The number of hydrogen-bond donors (Lipinski definition) is 2. The predicted octanol–water partition coefficient (Wildman–Crippen LogP) is 3.77. The number of hydrogen-bond acceptors (Lipinski definition) is 4. The molecule has 0 radical (unpaired) electrons. The molecule has 134 valence electrons. The van der Waals surface area contributed by atoms with E-state index in [0.29, 0.717) is 24.0 Å². The number of halogens is 1. The molecule has 0 saturated carbocycles. The third-order valence-corrected chi connectivity index (χ3v) is 4.27. The van der Waals surface area contributed by atoms with Gasteiger partial charge in [0.1, 0.15) is 5.82 Å². The van der Waals surface area contributed by atoms with Crippen molar-refractivity contribution in [3.05, 3.63) is 75.6 Å². The average Bonchev–Trinajstić information content (AvgIpc) is 2.60. The lowest BCUT2D eigenvalue weighted by molar-refractivity contribution is -0.385. The van der Waals surface area contributed by atoms with Gasteiger partial charge in [0.15, 0.2) is 0 Å². The molecule has 25 heavy (non-hydrogen) atoms. The second-order valence-corrected chi connectivity index (χ2v) is 6.28. The first-order chi connectivity index (χ1) is 11.9. The zero-order chi connectivity index (χ0) is 18.4. The van der Waals surface area contributed by atoms with Crippen LogP contribution in [0.1, 0.15) is 37.5 Å². The van der Waals surface area contributed by atoms with Crippen LogP contribution in [0.25, 0.3) is 0 Å². The minimum absolute atomic E-state index is 0.0601. The van der Waals surface area contributed by atoms with Crippen LogP contribution in [0.4, 0.5) is 10.1 Å². The fourth-order valence-corrected chi connectivity index (χ4v) is 2.84. The lowest BCUT2D eigenvalue weighted by Gasteiger charge is -2.24. The van der Waals surface area contributed by atoms with Crippen molar-refractivity contribution >= 4 is 5.69 Å². The Bertz CT molecular complexity index is 706. The Balaban J connectivity index is 1.90. The molecule has 3 unspecified atom stereocenters. The SMILES string of the molecule is CC(CCc1ccccc1[N+](=O)[O-])NC(C)C(O)c1ccc(F)cc1. The maximum Gasteiger partial charge on any atom is 0.272 e. The molecule has 0 heterocycles. The molecular weight excluding hydrogens is 323 g/mol. The van der Waals surface area contributed by atoms with E-state index >= 15 is 0 Å². The summed E-state index contributed by atoms with van der Waals surface area (Å²) in [6.45, 7) is 3.83. The molecule has 0 fully saturated rings. The molecule has 2 N–H and O–H groups in total. The number of nitro groups is 1. The van der Waals surface area contributed by atoms with Gasteiger partial charge >= 0.3 is 0 Å². The van der Waals surface area contributed by atoms with E-state index in [2.05, 4.69) is 5.32 Å². The molecule has 2 rings (SSSR count). The van der Waals surface area contributed by atoms with Crippen LogP contribution in [-0.2, 0) is 6.42 Å². The third kappa shape index (κ3) is 5.34. The number of aliphatic hydroxyl groups excluding tert-OH is 1. The van der Waals surface area contributed by atoms with Crippen LogP contribution >= 0.6 is 0 Å². The molecule has 0 bridgehead atoms. The lowest BCUT2D eigenvalue weighted by Crippen LogP contribution is -2.38. The minimum atomic E-state index is -0.755. The molecule has 2 aromatic rings. The smallest absolute Gasteiger partial charge is 0.272 e. The second-order valence-electron chi connectivity index (χ2n) is 6.28. The van der Waals surface area contributed by atoms with Gasteiger partial charge in [-0.2, -0.15) is 0 Å². The maximum absolute atomic E-state index is 13.0. The maximum atomic E-state index is 13.0. The van der Waals surface area contributed by atoms with Crippen molar-refractivity contribution in [1.29, 1.82) is 0 Å². The standard InChI is InChI=1S/C19H23FN2O3/c1-13(7-8-15-5-3-4-6-18(15)22(24)25)21-14(2)19(23)16-9-11-17(20)12-10-16/h3-6,9-14,19,21,23H,7-8H2,1-2H3. The Morgan fingerprint density at radius 1 is 1.16 bits per heavy atom. The van der Waals surface area contributed by atoms with Gasteiger partial charge in [0.25, 0.3) is 5.69 Å². The van der Waals surface area contributed by atoms with Crippen molar-refractivity contribution in [1.82, 2.24) is 5.32 Å². The summed E-state index contributed by atoms with van der Waals surface area (Å²) in [6, 6.07) is 12.3. The minimum Gasteiger partial charge on any atom is -0.387 e. The third-order valence-electron chi connectivity index (χ3n) is 4.27. The van der Waals surface area contributed by atoms with E-state index in [9.17, 15) is 19.6 Å². The Labute approximate surface area is 146 Å². The van der Waals surface area contributed by atoms with Gasteiger partial charge in [0.05, 0.1) is 11.0 Å². The van der Waals surface area contributed by atoms with E-state index in [1.54, 1.807) is 30.3 Å². The Morgan fingerprint density at radius 3 is 2.44 bits per heavy atom. The molecule has 6 heteroatoms. The van der Waals surface area contributed by atoms with Gasteiger partial charge in [-0.05, 0) is 44.4 Å². The fourth-order valence-electron chi connectivity index (χ4n) is 2.84. The van der Waals surface area contributed by atoms with Gasteiger partial charge < -0.3 is 10.4 Å². The van der Waals surface area contributed by atoms with Gasteiger partial charge in [-0.3, -0.25) is 10.1 Å². The predicted molar refractivity (Wildman–Crippen MR) is 94.8 cm³/mol. The lowest BCUT2D eigenvalue weighted by atomic mass is 10.0. The monoisotopic (exact) mass is 346 g/mol. The van der Waals surface area contributed by atoms with Crippen molar-refractivity contribution in [3.8, 4) is 0 Å². The Kier molecular flexibility index (Phi) is 6.61. The highest BCUT2D eigenvalue weighted by Gasteiger charge is 2.19. The Hall–Kier alpha value is -2.31. The van der Waals surface area contributed by atoms with E-state index in [1.807, 2.05) is 13.8 Å². The quantitative estimate of drug-likeness (QED) is 0.564. The molecule has 5 nitrogen and oxygen atoms in total. The molecular formula is C19H23FN2O3. The van der Waals surface area contributed by atoms with Crippen molar-refractivity contribution in [2.24, 2.45) is 0 Å². The van der Waals surface area contributed by atoms with Crippen molar-refractivity contribution < 1.29 is 14.4 Å². The normalized spacial score (nSPS) is 14.7. The number of para-hydroxylation sites is 1. The molecule has 0 aromatic heterocycles. The van der Waals surface area contributed by atoms with Gasteiger partial charge in [-0.25, -0.2) is 4.39 Å². The highest BCUT2D eigenvalue weighted by molar-refractivity contribution is 5.39. The van der Waals surface area contributed by atoms with Crippen LogP contribution in [0.5, 0.6) is 0 Å². The number of nitrogens with one attached hydrogen (secondary N) is 1. The van der Waals surface area contributed by atoms with Crippen LogP contribution in [0.15, 0.2) is 48.5 Å². The summed E-state index contributed by atoms with van der Waals surface area (Å²) in [7, 11) is 0. The first kappa shape index (κ1) is 19.0. The molecule has 2 aromatic carbocycles. The summed E-state index contributed by atoms with van der Waals surface area (Å²) >= 11 is 0. The molecule has 0 amide bonds. The molecule has 0 spiro atoms. The van der Waals surface area contributed by atoms with Crippen molar-refractivity contribution in [2.45, 2.75) is 44.9 Å². The zero-order valence-corrected chi connectivity index (χ0v) is 14.4. The van der Waals surface area contributed by atoms with Gasteiger partial charge in [-0.1, -0.05) is 30.3 Å². The number of nitro benzene ring substituents is 1. The largest absolute Gasteiger partial charge is 0.387 e. The van der Waals surface area contributed by atoms with E-state index < -0.39 is 6.10 Å². The highest BCUT2D eigenvalue weighted by Crippen LogP contribution is 2.21. The van der Waals surface area contributed by atoms with Crippen LogP contribution in [0.3, 0.4) is 0 Å². The number of aliphatic hydroxyl groups is 1. The molecule has 3 atom stereocenters. The fraction of sp³-hybridized carbons (Fsp3) is 0.368. The first-order valence-corrected chi connectivity index (χ1v) is 8.30. The summed E-state index contributed by atoms with van der Waals surface area (Å²) in [5.74, 6) is -0.339. The topological polar surface area (TPSA) is 75.4 Å². The Morgan fingerprint density at radius 2 is 1.80 bits per heavy atom. The van der Waals surface area contributed by atoms with E-state index in [-0.39, 0.29) is 28.5 Å². The molecule has 0 aliphatic rings. The highest BCUT2D eigenvalue weighted by atomic mass is 19.1. The number of rotatable bonds is 8. The summed E-state index contributed by atoms with van der Waals surface area (Å²) in [5.41, 5.74) is 1.48.